The number of amidine groups is 1. The van der Waals surface area contributed by atoms with Crippen molar-refractivity contribution in [1.82, 2.24) is 10.0 Å². The molecule has 9 heteroatoms. The van der Waals surface area contributed by atoms with Gasteiger partial charge in [-0.3, -0.25) is 19.3 Å². The Morgan fingerprint density at radius 2 is 2.04 bits per heavy atom. The molecule has 1 amide bonds. The van der Waals surface area contributed by atoms with E-state index in [1.165, 1.54) is 13.0 Å². The minimum Gasteiger partial charge on any atom is -0.451 e. The first kappa shape index (κ1) is 17.9. The van der Waals surface area contributed by atoms with Crippen LogP contribution in [-0.2, 0) is 24.3 Å². The molecule has 1 aliphatic heterocycles. The van der Waals surface area contributed by atoms with Gasteiger partial charge >= 0.3 is 5.97 Å². The van der Waals surface area contributed by atoms with Crippen molar-refractivity contribution < 1.29 is 22.7 Å². The van der Waals surface area contributed by atoms with Crippen molar-refractivity contribution in [2.75, 3.05) is 13.1 Å². The number of esters is 1. The van der Waals surface area contributed by atoms with Crippen LogP contribution in [-0.4, -0.2) is 45.3 Å². The lowest BCUT2D eigenvalue weighted by molar-refractivity contribution is -0.153. The lowest BCUT2D eigenvalue weighted by Crippen LogP contribution is -2.36. The predicted octanol–water partition coefficient (Wildman–Crippen LogP) is 0.183. The van der Waals surface area contributed by atoms with Crippen LogP contribution in [0.5, 0.6) is 0 Å². The van der Waals surface area contributed by atoms with E-state index < -0.39 is 28.6 Å². The highest BCUT2D eigenvalue weighted by Crippen LogP contribution is 2.21. The number of rotatable bonds is 6. The van der Waals surface area contributed by atoms with Crippen molar-refractivity contribution in [2.45, 2.75) is 31.3 Å². The van der Waals surface area contributed by atoms with E-state index in [1.54, 1.807) is 18.2 Å². The van der Waals surface area contributed by atoms with Crippen LogP contribution < -0.4 is 10.0 Å². The maximum absolute atomic E-state index is 11.9. The number of benzene rings is 1. The molecule has 0 radical (unpaired) electrons. The molecule has 1 aliphatic rings. The van der Waals surface area contributed by atoms with E-state index in [-0.39, 0.29) is 16.6 Å². The van der Waals surface area contributed by atoms with Crippen LogP contribution in [0.2, 0.25) is 0 Å². The minimum absolute atomic E-state index is 0.0886. The van der Waals surface area contributed by atoms with Gasteiger partial charge in [-0.05, 0) is 25.5 Å². The number of ether oxygens (including phenoxy) is 1. The summed E-state index contributed by atoms with van der Waals surface area (Å²) in [6, 6.07) is 6.33. The van der Waals surface area contributed by atoms with Crippen molar-refractivity contribution >= 4 is 27.7 Å². The average Bonchev–Trinajstić information content (AvgIpc) is 2.82. The van der Waals surface area contributed by atoms with Gasteiger partial charge in [-0.25, -0.2) is 8.42 Å². The van der Waals surface area contributed by atoms with Gasteiger partial charge < -0.3 is 10.1 Å². The van der Waals surface area contributed by atoms with Crippen LogP contribution in [0.15, 0.2) is 34.2 Å². The molecule has 0 aliphatic carbocycles. The molecule has 2 N–H and O–H groups in total. The van der Waals surface area contributed by atoms with E-state index in [4.69, 9.17) is 4.74 Å². The largest absolute Gasteiger partial charge is 0.451 e. The van der Waals surface area contributed by atoms with Gasteiger partial charge in [0, 0.05) is 12.1 Å². The minimum atomic E-state index is -3.65. The maximum atomic E-state index is 11.9. The summed E-state index contributed by atoms with van der Waals surface area (Å²) in [5.41, 5.74) is 0.402. The lowest BCUT2D eigenvalue weighted by atomic mass is 10.2. The Balaban J connectivity index is 1.99. The highest BCUT2D eigenvalue weighted by molar-refractivity contribution is 7.90. The molecule has 0 saturated carbocycles. The summed E-state index contributed by atoms with van der Waals surface area (Å²) in [4.78, 5) is 27.5. The maximum Gasteiger partial charge on any atom is 0.328 e. The van der Waals surface area contributed by atoms with Gasteiger partial charge in [0.15, 0.2) is 6.10 Å². The number of carbonyl (C=O) groups excluding carboxylic acids is 2. The molecular formula is C15H19N3O5S. The summed E-state index contributed by atoms with van der Waals surface area (Å²) in [5.74, 6) is -1.01. The zero-order valence-electron chi connectivity index (χ0n) is 13.4. The van der Waals surface area contributed by atoms with E-state index in [9.17, 15) is 18.0 Å². The van der Waals surface area contributed by atoms with Crippen molar-refractivity contribution in [3.8, 4) is 0 Å². The first-order chi connectivity index (χ1) is 11.3. The molecule has 1 aromatic carbocycles. The Morgan fingerprint density at radius 1 is 1.33 bits per heavy atom. The topological polar surface area (TPSA) is 114 Å². The summed E-state index contributed by atoms with van der Waals surface area (Å²) >= 11 is 0. The zero-order chi connectivity index (χ0) is 17.7. The molecule has 0 saturated heterocycles. The second kappa shape index (κ2) is 7.43. The molecule has 1 aromatic rings. The van der Waals surface area contributed by atoms with Gasteiger partial charge in [-0.15, -0.1) is 0 Å². The number of fused-ring (bicyclic) bond motifs is 1. The van der Waals surface area contributed by atoms with Crippen LogP contribution in [0.3, 0.4) is 0 Å². The third kappa shape index (κ3) is 4.10. The monoisotopic (exact) mass is 353 g/mol. The smallest absolute Gasteiger partial charge is 0.328 e. The summed E-state index contributed by atoms with van der Waals surface area (Å²) in [5, 5.41) is 2.61. The van der Waals surface area contributed by atoms with Crippen molar-refractivity contribution in [1.29, 1.82) is 0 Å². The van der Waals surface area contributed by atoms with Gasteiger partial charge in [-0.1, -0.05) is 19.1 Å². The Hall–Kier alpha value is -2.42. The van der Waals surface area contributed by atoms with Gasteiger partial charge in [0.25, 0.3) is 15.9 Å². The fourth-order valence-electron chi connectivity index (χ4n) is 2.07. The zero-order valence-corrected chi connectivity index (χ0v) is 14.2. The predicted molar refractivity (Wildman–Crippen MR) is 87.0 cm³/mol. The Morgan fingerprint density at radius 3 is 2.75 bits per heavy atom. The van der Waals surface area contributed by atoms with E-state index in [2.05, 4.69) is 15.0 Å². The number of amides is 1. The molecule has 1 heterocycles. The average molecular weight is 353 g/mol. The second-order valence-corrected chi connectivity index (χ2v) is 6.84. The van der Waals surface area contributed by atoms with Gasteiger partial charge in [-0.2, -0.15) is 0 Å². The number of hydrogen-bond donors (Lipinski definition) is 2. The number of aliphatic imine (C=N–C) groups is 1. The lowest BCUT2D eigenvalue weighted by Gasteiger charge is -2.12. The highest BCUT2D eigenvalue weighted by atomic mass is 32.2. The summed E-state index contributed by atoms with van der Waals surface area (Å²) in [6.07, 6.45) is -0.156. The first-order valence-electron chi connectivity index (χ1n) is 7.49. The molecule has 0 bridgehead atoms. The van der Waals surface area contributed by atoms with Crippen LogP contribution in [0.4, 0.5) is 0 Å². The number of carbonyl (C=O) groups is 2. The molecule has 1 atom stereocenters. The van der Waals surface area contributed by atoms with Crippen LogP contribution in [0.25, 0.3) is 0 Å². The molecule has 24 heavy (non-hydrogen) atoms. The summed E-state index contributed by atoms with van der Waals surface area (Å²) < 4.78 is 31.1. The van der Waals surface area contributed by atoms with Crippen molar-refractivity contribution in [3.05, 3.63) is 29.8 Å². The quantitative estimate of drug-likeness (QED) is 0.708. The number of hydrogen-bond acceptors (Lipinski definition) is 6. The fourth-order valence-corrected chi connectivity index (χ4v) is 3.33. The van der Waals surface area contributed by atoms with Crippen LogP contribution >= 0.6 is 0 Å². The molecule has 8 nitrogen and oxygen atoms in total. The van der Waals surface area contributed by atoms with Gasteiger partial charge in [0.2, 0.25) is 0 Å². The molecule has 0 unspecified atom stereocenters. The third-order valence-electron chi connectivity index (χ3n) is 3.26. The van der Waals surface area contributed by atoms with E-state index in [0.717, 1.165) is 6.42 Å². The molecule has 0 spiro atoms. The third-order valence-corrected chi connectivity index (χ3v) is 4.65. The second-order valence-electron chi connectivity index (χ2n) is 5.19. The fraction of sp³-hybridized carbons (Fsp3) is 0.400. The van der Waals surface area contributed by atoms with Crippen LogP contribution in [0, 0.1) is 0 Å². The SMILES string of the molecule is CCCNC(=O)[C@@H](C)OC(=O)CN=C1NS(=O)(=O)c2ccccc21. The van der Waals surface area contributed by atoms with E-state index >= 15 is 0 Å². The Kier molecular flexibility index (Phi) is 5.55. The molecule has 130 valence electrons. The Labute approximate surface area is 140 Å². The highest BCUT2D eigenvalue weighted by Gasteiger charge is 2.30. The van der Waals surface area contributed by atoms with E-state index in [1.807, 2.05) is 6.92 Å². The number of nitrogens with one attached hydrogen (secondary N) is 2. The molecular weight excluding hydrogens is 334 g/mol. The standard InChI is InChI=1S/C15H19N3O5S/c1-3-8-16-15(20)10(2)23-13(19)9-17-14-11-6-4-5-7-12(11)24(21,22)18-14/h4-7,10H,3,8-9H2,1-2H3,(H,16,20)(H,17,18)/t10-/m1/s1. The number of nitrogens with zero attached hydrogens (tertiary/aromatic N) is 1. The molecule has 0 fully saturated rings. The first-order valence-corrected chi connectivity index (χ1v) is 8.97. The van der Waals surface area contributed by atoms with Crippen LogP contribution in [0.1, 0.15) is 25.8 Å². The summed E-state index contributed by atoms with van der Waals surface area (Å²) in [7, 11) is -3.65. The summed E-state index contributed by atoms with van der Waals surface area (Å²) in [6.45, 7) is 3.48. The normalized spacial score (nSPS) is 17.7. The van der Waals surface area contributed by atoms with Gasteiger partial charge in [0.1, 0.15) is 12.4 Å². The number of sulfonamides is 1. The van der Waals surface area contributed by atoms with E-state index in [0.29, 0.717) is 12.1 Å². The molecule has 2 rings (SSSR count). The van der Waals surface area contributed by atoms with Gasteiger partial charge in [0.05, 0.1) is 4.90 Å². The van der Waals surface area contributed by atoms with Crippen molar-refractivity contribution in [3.63, 3.8) is 0 Å². The Bertz CT molecular complexity index is 773. The van der Waals surface area contributed by atoms with Crippen molar-refractivity contribution in [2.24, 2.45) is 4.99 Å². The molecule has 0 aromatic heterocycles.